The number of hydrogen-bond donors (Lipinski definition) is 0. The van der Waals surface area contributed by atoms with E-state index < -0.39 is 0 Å². The first-order chi connectivity index (χ1) is 11.7. The Labute approximate surface area is 146 Å². The number of ether oxygens (including phenoxy) is 1. The molecule has 132 valence electrons. The first-order valence-corrected chi connectivity index (χ1v) is 9.84. The number of carbonyl (C=O) groups excluding carboxylic acids is 1. The summed E-state index contributed by atoms with van der Waals surface area (Å²) < 4.78 is 10.9. The van der Waals surface area contributed by atoms with Crippen molar-refractivity contribution in [2.45, 2.75) is 37.6 Å². The number of carbonyl (C=O) groups is 1. The minimum Gasteiger partial charge on any atom is -0.378 e. The predicted octanol–water partition coefficient (Wildman–Crippen LogP) is 0.933. The Kier molecular flexibility index (Phi) is 4.78. The highest BCUT2D eigenvalue weighted by molar-refractivity contribution is 7.99. The van der Waals surface area contributed by atoms with Gasteiger partial charge in [0.2, 0.25) is 11.8 Å². The summed E-state index contributed by atoms with van der Waals surface area (Å²) in [5.41, 5.74) is 0. The molecule has 0 unspecified atom stereocenters. The van der Waals surface area contributed by atoms with E-state index >= 15 is 0 Å². The third-order valence-corrected chi connectivity index (χ3v) is 5.99. The van der Waals surface area contributed by atoms with Crippen LogP contribution in [0, 0.1) is 12.8 Å². The number of fused-ring (bicyclic) bond motifs is 1. The van der Waals surface area contributed by atoms with Crippen molar-refractivity contribution in [2.75, 3.05) is 38.6 Å². The number of hydrogen-bond acceptors (Lipinski definition) is 7. The van der Waals surface area contributed by atoms with E-state index in [0.717, 1.165) is 38.8 Å². The molecule has 2 aliphatic heterocycles. The number of thioether (sulfide) groups is 1. The fraction of sp³-hybridized carbons (Fsp3) is 0.812. The highest BCUT2D eigenvalue weighted by Gasteiger charge is 2.43. The number of aromatic nitrogens is 2. The maximum Gasteiger partial charge on any atom is 0.236 e. The summed E-state index contributed by atoms with van der Waals surface area (Å²) in [5, 5.41) is 3.76. The van der Waals surface area contributed by atoms with Crippen molar-refractivity contribution in [1.29, 1.82) is 0 Å². The molecule has 2 saturated heterocycles. The van der Waals surface area contributed by atoms with Crippen molar-refractivity contribution in [2.24, 2.45) is 5.92 Å². The van der Waals surface area contributed by atoms with Crippen LogP contribution >= 0.6 is 11.8 Å². The number of rotatable bonds is 5. The van der Waals surface area contributed by atoms with Crippen LogP contribution in [0.2, 0.25) is 0 Å². The van der Waals surface area contributed by atoms with E-state index in [1.807, 2.05) is 4.90 Å². The molecule has 24 heavy (non-hydrogen) atoms. The molecule has 1 amide bonds. The number of nitrogens with zero attached hydrogens (tertiary/aromatic N) is 4. The molecule has 7 nitrogen and oxygen atoms in total. The fourth-order valence-corrected chi connectivity index (χ4v) is 4.46. The molecule has 3 aliphatic rings. The molecule has 0 radical (unpaired) electrons. The van der Waals surface area contributed by atoms with E-state index in [1.165, 1.54) is 24.6 Å². The van der Waals surface area contributed by atoms with Crippen molar-refractivity contribution in [3.63, 3.8) is 0 Å². The van der Waals surface area contributed by atoms with Gasteiger partial charge in [0.15, 0.2) is 5.82 Å². The Morgan fingerprint density at radius 3 is 2.96 bits per heavy atom. The molecule has 3 heterocycles. The second-order valence-electron chi connectivity index (χ2n) is 6.90. The topological polar surface area (TPSA) is 71.7 Å². The normalized spacial score (nSPS) is 28.0. The molecule has 1 aromatic heterocycles. The minimum absolute atomic E-state index is 0.199. The average molecular weight is 352 g/mol. The molecule has 1 saturated carbocycles. The SMILES string of the molecule is Cc1noc(CSCC(=O)N2CCN3[C@@H](COC[C@@H]3C3CC3)C2)n1. The van der Waals surface area contributed by atoms with E-state index in [1.54, 1.807) is 6.92 Å². The number of aryl methyl sites for hydroxylation is 1. The molecule has 1 aliphatic carbocycles. The van der Waals surface area contributed by atoms with Gasteiger partial charge in [-0.05, 0) is 25.7 Å². The quantitative estimate of drug-likeness (QED) is 0.781. The average Bonchev–Trinajstić information content (AvgIpc) is 3.36. The summed E-state index contributed by atoms with van der Waals surface area (Å²) in [6.07, 6.45) is 2.68. The molecule has 0 bridgehead atoms. The van der Waals surface area contributed by atoms with Crippen molar-refractivity contribution >= 4 is 17.7 Å². The summed E-state index contributed by atoms with van der Waals surface area (Å²) in [5.74, 6) is 3.29. The molecule has 0 N–H and O–H groups in total. The highest BCUT2D eigenvalue weighted by atomic mass is 32.2. The van der Waals surface area contributed by atoms with Crippen LogP contribution in [-0.4, -0.2) is 76.5 Å². The second kappa shape index (κ2) is 7.01. The minimum atomic E-state index is 0.199. The molecule has 3 fully saturated rings. The van der Waals surface area contributed by atoms with Crippen LogP contribution in [-0.2, 0) is 15.3 Å². The van der Waals surface area contributed by atoms with E-state index in [4.69, 9.17) is 9.26 Å². The van der Waals surface area contributed by atoms with Crippen LogP contribution in [0.4, 0.5) is 0 Å². The van der Waals surface area contributed by atoms with E-state index in [9.17, 15) is 4.79 Å². The molecule has 4 rings (SSSR count). The van der Waals surface area contributed by atoms with Gasteiger partial charge in [-0.3, -0.25) is 9.69 Å². The van der Waals surface area contributed by atoms with Crippen molar-refractivity contribution in [1.82, 2.24) is 19.9 Å². The third kappa shape index (κ3) is 3.60. The van der Waals surface area contributed by atoms with E-state index in [2.05, 4.69) is 15.0 Å². The second-order valence-corrected chi connectivity index (χ2v) is 7.89. The van der Waals surface area contributed by atoms with Crippen LogP contribution in [0.5, 0.6) is 0 Å². The number of piperazine rings is 1. The Bertz CT molecular complexity index is 592. The van der Waals surface area contributed by atoms with Crippen LogP contribution in [0.1, 0.15) is 24.6 Å². The monoisotopic (exact) mass is 352 g/mol. The Balaban J connectivity index is 1.25. The molecule has 1 aromatic rings. The predicted molar refractivity (Wildman–Crippen MR) is 89.6 cm³/mol. The lowest BCUT2D eigenvalue weighted by Gasteiger charge is -2.48. The van der Waals surface area contributed by atoms with Gasteiger partial charge in [0.25, 0.3) is 0 Å². The van der Waals surface area contributed by atoms with Crippen LogP contribution < -0.4 is 0 Å². The smallest absolute Gasteiger partial charge is 0.236 e. The largest absolute Gasteiger partial charge is 0.378 e. The van der Waals surface area contributed by atoms with Gasteiger partial charge in [-0.1, -0.05) is 5.16 Å². The van der Waals surface area contributed by atoms with Gasteiger partial charge in [-0.2, -0.15) is 4.98 Å². The van der Waals surface area contributed by atoms with Gasteiger partial charge in [0, 0.05) is 25.7 Å². The first kappa shape index (κ1) is 16.4. The Morgan fingerprint density at radius 1 is 1.33 bits per heavy atom. The first-order valence-electron chi connectivity index (χ1n) is 8.69. The zero-order valence-electron chi connectivity index (χ0n) is 14.0. The molecule has 2 atom stereocenters. The maximum atomic E-state index is 12.5. The van der Waals surface area contributed by atoms with E-state index in [0.29, 0.717) is 35.3 Å². The Hall–Kier alpha value is -1.12. The fourth-order valence-electron chi connectivity index (χ4n) is 3.70. The third-order valence-electron chi connectivity index (χ3n) is 5.09. The van der Waals surface area contributed by atoms with Crippen molar-refractivity contribution in [3.05, 3.63) is 11.7 Å². The lowest BCUT2D eigenvalue weighted by Crippen LogP contribution is -2.63. The van der Waals surface area contributed by atoms with Gasteiger partial charge >= 0.3 is 0 Å². The van der Waals surface area contributed by atoms with Gasteiger partial charge < -0.3 is 14.2 Å². The zero-order chi connectivity index (χ0) is 16.5. The van der Waals surface area contributed by atoms with Gasteiger partial charge in [-0.25, -0.2) is 0 Å². The Morgan fingerprint density at radius 2 is 2.21 bits per heavy atom. The molecular weight excluding hydrogens is 328 g/mol. The summed E-state index contributed by atoms with van der Waals surface area (Å²) in [7, 11) is 0. The van der Waals surface area contributed by atoms with Gasteiger partial charge in [0.05, 0.1) is 30.8 Å². The summed E-state index contributed by atoms with van der Waals surface area (Å²) in [6, 6.07) is 0.946. The maximum absolute atomic E-state index is 12.5. The summed E-state index contributed by atoms with van der Waals surface area (Å²) in [6.45, 7) is 6.02. The van der Waals surface area contributed by atoms with Crippen molar-refractivity contribution < 1.29 is 14.1 Å². The van der Waals surface area contributed by atoms with Crippen LogP contribution in [0.3, 0.4) is 0 Å². The molecule has 0 aromatic carbocycles. The zero-order valence-corrected chi connectivity index (χ0v) is 14.8. The molecule has 0 spiro atoms. The highest BCUT2D eigenvalue weighted by Crippen LogP contribution is 2.38. The number of morpholine rings is 1. The summed E-state index contributed by atoms with van der Waals surface area (Å²) in [4.78, 5) is 21.2. The van der Waals surface area contributed by atoms with E-state index in [-0.39, 0.29) is 5.91 Å². The van der Waals surface area contributed by atoms with Crippen LogP contribution in [0.15, 0.2) is 4.52 Å². The van der Waals surface area contributed by atoms with Gasteiger partial charge in [0.1, 0.15) is 0 Å². The molecular formula is C16H24N4O3S. The van der Waals surface area contributed by atoms with Gasteiger partial charge in [-0.15, -0.1) is 11.8 Å². The summed E-state index contributed by atoms with van der Waals surface area (Å²) >= 11 is 1.53. The van der Waals surface area contributed by atoms with Crippen LogP contribution in [0.25, 0.3) is 0 Å². The van der Waals surface area contributed by atoms with Crippen molar-refractivity contribution in [3.8, 4) is 0 Å². The number of amides is 1. The standard InChI is InChI=1S/C16H24N4O3S/c1-11-17-15(23-18-11)9-24-10-16(21)19-4-5-20-13(6-19)7-22-8-14(20)12-2-3-12/h12-14H,2-10H2,1H3/t13-,14-/m1/s1. The molecule has 8 heteroatoms. The lowest BCUT2D eigenvalue weighted by atomic mass is 10.0. The lowest BCUT2D eigenvalue weighted by molar-refractivity contribution is -0.137.